The highest BCUT2D eigenvalue weighted by atomic mass is 32.2. The zero-order valence-electron chi connectivity index (χ0n) is 10.6. The first-order chi connectivity index (χ1) is 8.21. The predicted molar refractivity (Wildman–Crippen MR) is 79.8 cm³/mol. The number of thiocarbonyl (C=S) groups is 1. The second kappa shape index (κ2) is 7.56. The molecule has 0 unspecified atom stereocenters. The topological polar surface area (TPSA) is 12.5 Å². The van der Waals surface area contributed by atoms with Crippen molar-refractivity contribution in [2.45, 2.75) is 19.6 Å². The number of rotatable bonds is 5. The first-order valence-electron chi connectivity index (χ1n) is 5.75. The van der Waals surface area contributed by atoms with E-state index in [2.05, 4.69) is 30.9 Å². The van der Waals surface area contributed by atoms with E-state index in [1.165, 1.54) is 5.56 Å². The van der Waals surface area contributed by atoms with Crippen LogP contribution in [-0.2, 0) is 5.75 Å². The summed E-state index contributed by atoms with van der Waals surface area (Å²) in [6.45, 7) is 6.20. The van der Waals surface area contributed by atoms with Crippen molar-refractivity contribution in [3.8, 4) is 5.75 Å². The molecule has 0 N–H and O–H groups in total. The van der Waals surface area contributed by atoms with E-state index >= 15 is 0 Å². The highest BCUT2D eigenvalue weighted by Gasteiger charge is 2.06. The molecule has 0 aliphatic heterocycles. The molecule has 0 atom stereocenters. The van der Waals surface area contributed by atoms with Crippen LogP contribution in [0.15, 0.2) is 24.3 Å². The van der Waals surface area contributed by atoms with Crippen LogP contribution in [0.4, 0.5) is 0 Å². The standard InChI is InChI=1S/C13H19NOS2/c1-4-14(5-2)13(16)17-10-11-7-6-8-12(9-11)15-3/h6-9H,4-5,10H2,1-3H3. The Morgan fingerprint density at radius 3 is 2.65 bits per heavy atom. The number of benzene rings is 1. The third-order valence-electron chi connectivity index (χ3n) is 2.52. The van der Waals surface area contributed by atoms with E-state index in [-0.39, 0.29) is 0 Å². The maximum absolute atomic E-state index is 5.39. The van der Waals surface area contributed by atoms with Gasteiger partial charge in [0.2, 0.25) is 0 Å². The molecule has 1 aromatic carbocycles. The van der Waals surface area contributed by atoms with Crippen molar-refractivity contribution in [3.05, 3.63) is 29.8 Å². The molecule has 0 bridgehead atoms. The Kier molecular flexibility index (Phi) is 6.37. The number of hydrogen-bond acceptors (Lipinski definition) is 3. The maximum atomic E-state index is 5.39. The Bertz CT molecular complexity index is 364. The number of methoxy groups -OCH3 is 1. The van der Waals surface area contributed by atoms with Gasteiger partial charge < -0.3 is 9.64 Å². The van der Waals surface area contributed by atoms with Gasteiger partial charge in [0.25, 0.3) is 0 Å². The lowest BCUT2D eigenvalue weighted by atomic mass is 10.2. The van der Waals surface area contributed by atoms with E-state index < -0.39 is 0 Å². The lowest BCUT2D eigenvalue weighted by Gasteiger charge is -2.20. The molecule has 0 aromatic heterocycles. The molecule has 0 spiro atoms. The normalized spacial score (nSPS) is 10.1. The van der Waals surface area contributed by atoms with E-state index in [1.807, 2.05) is 12.1 Å². The molecule has 0 aliphatic rings. The van der Waals surface area contributed by atoms with Gasteiger partial charge in [-0.25, -0.2) is 0 Å². The fraction of sp³-hybridized carbons (Fsp3) is 0.462. The molecule has 0 saturated heterocycles. The van der Waals surface area contributed by atoms with Gasteiger partial charge in [0.15, 0.2) is 0 Å². The average molecular weight is 269 g/mol. The van der Waals surface area contributed by atoms with Crippen LogP contribution in [-0.4, -0.2) is 29.4 Å². The van der Waals surface area contributed by atoms with Gasteiger partial charge in [-0.1, -0.05) is 36.1 Å². The van der Waals surface area contributed by atoms with Gasteiger partial charge in [-0.2, -0.15) is 0 Å². The molecule has 1 aromatic rings. The molecule has 94 valence electrons. The van der Waals surface area contributed by atoms with Gasteiger partial charge in [0.05, 0.1) is 7.11 Å². The van der Waals surface area contributed by atoms with Gasteiger partial charge in [-0.15, -0.1) is 0 Å². The summed E-state index contributed by atoms with van der Waals surface area (Å²) in [7, 11) is 1.69. The third-order valence-corrected chi connectivity index (χ3v) is 4.11. The van der Waals surface area contributed by atoms with Crippen LogP contribution in [0, 0.1) is 0 Å². The largest absolute Gasteiger partial charge is 0.497 e. The third kappa shape index (κ3) is 4.56. The van der Waals surface area contributed by atoms with Crippen molar-refractivity contribution in [1.82, 2.24) is 4.90 Å². The van der Waals surface area contributed by atoms with Crippen molar-refractivity contribution >= 4 is 28.3 Å². The summed E-state index contributed by atoms with van der Waals surface area (Å²) in [5.41, 5.74) is 1.24. The molecule has 0 radical (unpaired) electrons. The molecule has 4 heteroatoms. The van der Waals surface area contributed by atoms with Crippen LogP contribution in [0.5, 0.6) is 5.75 Å². The van der Waals surface area contributed by atoms with Crippen molar-refractivity contribution < 1.29 is 4.74 Å². The predicted octanol–water partition coefficient (Wildman–Crippen LogP) is 3.56. The van der Waals surface area contributed by atoms with E-state index in [4.69, 9.17) is 17.0 Å². The molecule has 1 rings (SSSR count). The lowest BCUT2D eigenvalue weighted by molar-refractivity contribution is 0.414. The second-order valence-electron chi connectivity index (χ2n) is 3.58. The number of thioether (sulfide) groups is 1. The molecule has 0 amide bonds. The zero-order chi connectivity index (χ0) is 12.7. The summed E-state index contributed by atoms with van der Waals surface area (Å²) >= 11 is 7.10. The van der Waals surface area contributed by atoms with Crippen LogP contribution in [0.1, 0.15) is 19.4 Å². The number of nitrogens with zero attached hydrogens (tertiary/aromatic N) is 1. The van der Waals surface area contributed by atoms with Crippen molar-refractivity contribution in [2.24, 2.45) is 0 Å². The van der Waals surface area contributed by atoms with Gasteiger partial charge in [-0.3, -0.25) is 0 Å². The number of hydrogen-bond donors (Lipinski definition) is 0. The summed E-state index contributed by atoms with van der Waals surface area (Å²) in [6.07, 6.45) is 0. The van der Waals surface area contributed by atoms with Crippen LogP contribution in [0.2, 0.25) is 0 Å². The van der Waals surface area contributed by atoms with Gasteiger partial charge in [0.1, 0.15) is 10.1 Å². The smallest absolute Gasteiger partial charge is 0.136 e. The van der Waals surface area contributed by atoms with Crippen molar-refractivity contribution in [2.75, 3.05) is 20.2 Å². The minimum Gasteiger partial charge on any atom is -0.497 e. The maximum Gasteiger partial charge on any atom is 0.136 e. The number of ether oxygens (including phenoxy) is 1. The first-order valence-corrected chi connectivity index (χ1v) is 7.15. The minimum atomic E-state index is 0.895. The van der Waals surface area contributed by atoms with E-state index in [0.29, 0.717) is 0 Å². The zero-order valence-corrected chi connectivity index (χ0v) is 12.2. The molecule has 0 fully saturated rings. The average Bonchev–Trinajstić information content (AvgIpc) is 2.38. The minimum absolute atomic E-state index is 0.895. The first kappa shape index (κ1) is 14.3. The van der Waals surface area contributed by atoms with Gasteiger partial charge in [0, 0.05) is 18.8 Å². The fourth-order valence-corrected chi connectivity index (χ4v) is 2.83. The summed E-state index contributed by atoms with van der Waals surface area (Å²) in [5.74, 6) is 1.80. The van der Waals surface area contributed by atoms with Gasteiger partial charge >= 0.3 is 0 Å². The molecular weight excluding hydrogens is 250 g/mol. The Morgan fingerprint density at radius 1 is 1.35 bits per heavy atom. The van der Waals surface area contributed by atoms with E-state index in [1.54, 1.807) is 18.9 Å². The summed E-state index contributed by atoms with van der Waals surface area (Å²) < 4.78 is 6.17. The summed E-state index contributed by atoms with van der Waals surface area (Å²) in [4.78, 5) is 2.19. The molecular formula is C13H19NOS2. The summed E-state index contributed by atoms with van der Waals surface area (Å²) in [5, 5.41) is 0. The SMILES string of the molecule is CCN(CC)C(=S)SCc1cccc(OC)c1. The second-order valence-corrected chi connectivity index (χ2v) is 5.19. The van der Waals surface area contributed by atoms with E-state index in [0.717, 1.165) is 28.9 Å². The molecule has 0 saturated carbocycles. The Hall–Kier alpha value is -0.740. The highest BCUT2D eigenvalue weighted by molar-refractivity contribution is 8.22. The van der Waals surface area contributed by atoms with Gasteiger partial charge in [-0.05, 0) is 31.5 Å². The van der Waals surface area contributed by atoms with E-state index in [9.17, 15) is 0 Å². The quantitative estimate of drug-likeness (QED) is 0.757. The monoisotopic (exact) mass is 269 g/mol. The highest BCUT2D eigenvalue weighted by Crippen LogP contribution is 2.20. The molecule has 0 heterocycles. The van der Waals surface area contributed by atoms with Crippen LogP contribution in [0.25, 0.3) is 0 Å². The Balaban J connectivity index is 2.52. The summed E-state index contributed by atoms with van der Waals surface area (Å²) in [6, 6.07) is 8.12. The Labute approximate surface area is 113 Å². The molecule has 2 nitrogen and oxygen atoms in total. The lowest BCUT2D eigenvalue weighted by Crippen LogP contribution is -2.26. The van der Waals surface area contributed by atoms with Crippen LogP contribution < -0.4 is 4.74 Å². The van der Waals surface area contributed by atoms with Crippen LogP contribution >= 0.6 is 24.0 Å². The molecule has 17 heavy (non-hydrogen) atoms. The Morgan fingerprint density at radius 2 is 2.06 bits per heavy atom. The van der Waals surface area contributed by atoms with Crippen molar-refractivity contribution in [3.63, 3.8) is 0 Å². The van der Waals surface area contributed by atoms with Crippen molar-refractivity contribution in [1.29, 1.82) is 0 Å². The van der Waals surface area contributed by atoms with Crippen LogP contribution in [0.3, 0.4) is 0 Å². The fourth-order valence-electron chi connectivity index (χ4n) is 1.48. The molecule has 0 aliphatic carbocycles.